The van der Waals surface area contributed by atoms with Gasteiger partial charge in [0.2, 0.25) is 0 Å². The Morgan fingerprint density at radius 2 is 2.12 bits per heavy atom. The van der Waals surface area contributed by atoms with E-state index in [2.05, 4.69) is 20.4 Å². The first-order valence-corrected chi connectivity index (χ1v) is 8.19. The van der Waals surface area contributed by atoms with E-state index in [1.165, 1.54) is 0 Å². The fourth-order valence-corrected chi connectivity index (χ4v) is 3.68. The number of aryl methyl sites for hydroxylation is 2. The van der Waals surface area contributed by atoms with Crippen LogP contribution < -0.4 is 0 Å². The van der Waals surface area contributed by atoms with E-state index < -0.39 is 0 Å². The zero-order valence-corrected chi connectivity index (χ0v) is 13.8. The number of H-pyrrole nitrogens is 1. The molecule has 1 amide bonds. The summed E-state index contributed by atoms with van der Waals surface area (Å²) in [6, 6.07) is 7.79. The highest BCUT2D eigenvalue weighted by atomic mass is 16.2. The number of likely N-dealkylation sites (tertiary alicyclic amines) is 1. The minimum absolute atomic E-state index is 0.0528. The Morgan fingerprint density at radius 1 is 1.29 bits per heavy atom. The third-order valence-electron chi connectivity index (χ3n) is 4.81. The molecule has 6 nitrogen and oxygen atoms in total. The first-order valence-electron chi connectivity index (χ1n) is 8.19. The molecule has 2 aromatic heterocycles. The first-order chi connectivity index (χ1) is 11.7. The highest BCUT2D eigenvalue weighted by Crippen LogP contribution is 2.36. The van der Waals surface area contributed by atoms with Crippen molar-refractivity contribution in [1.29, 1.82) is 0 Å². The third-order valence-corrected chi connectivity index (χ3v) is 4.81. The molecule has 1 saturated heterocycles. The van der Waals surface area contributed by atoms with Gasteiger partial charge in [-0.1, -0.05) is 24.3 Å². The van der Waals surface area contributed by atoms with Crippen molar-refractivity contribution >= 4 is 16.7 Å². The van der Waals surface area contributed by atoms with Crippen molar-refractivity contribution < 1.29 is 4.79 Å². The van der Waals surface area contributed by atoms with Gasteiger partial charge in [-0.15, -0.1) is 5.10 Å². The molecule has 0 aliphatic carbocycles. The summed E-state index contributed by atoms with van der Waals surface area (Å²) in [6.07, 6.45) is 3.63. The first kappa shape index (κ1) is 14.8. The van der Waals surface area contributed by atoms with Gasteiger partial charge < -0.3 is 4.90 Å². The summed E-state index contributed by atoms with van der Waals surface area (Å²) in [4.78, 5) is 15.1. The summed E-state index contributed by atoms with van der Waals surface area (Å²) in [6.45, 7) is 4.73. The molecule has 122 valence electrons. The number of fused-ring (bicyclic) bond motifs is 1. The van der Waals surface area contributed by atoms with Crippen LogP contribution in [0, 0.1) is 13.8 Å². The maximum Gasteiger partial charge on any atom is 0.275 e. The summed E-state index contributed by atoms with van der Waals surface area (Å²) in [5, 5.41) is 17.3. The van der Waals surface area contributed by atoms with Crippen molar-refractivity contribution in [2.24, 2.45) is 0 Å². The number of aromatic amines is 1. The van der Waals surface area contributed by atoms with Crippen LogP contribution in [-0.2, 0) is 0 Å². The number of carbonyl (C=O) groups is 1. The van der Waals surface area contributed by atoms with E-state index in [0.717, 1.165) is 47.1 Å². The van der Waals surface area contributed by atoms with Gasteiger partial charge in [-0.3, -0.25) is 9.89 Å². The predicted molar refractivity (Wildman–Crippen MR) is 90.6 cm³/mol. The highest BCUT2D eigenvalue weighted by Gasteiger charge is 2.34. The number of hydrogen-bond acceptors (Lipinski definition) is 4. The highest BCUT2D eigenvalue weighted by molar-refractivity contribution is 6.05. The second kappa shape index (κ2) is 5.70. The van der Waals surface area contributed by atoms with Crippen LogP contribution in [0.2, 0.25) is 0 Å². The molecular formula is C18H19N5O. The number of carbonyl (C=O) groups excluding carboxylic acids is 1. The number of benzene rings is 1. The molecule has 0 radical (unpaired) electrons. The predicted octanol–water partition coefficient (Wildman–Crippen LogP) is 2.95. The molecule has 1 aromatic carbocycles. The second-order valence-electron chi connectivity index (χ2n) is 6.28. The quantitative estimate of drug-likeness (QED) is 0.787. The summed E-state index contributed by atoms with van der Waals surface area (Å²) < 4.78 is 0. The van der Waals surface area contributed by atoms with Crippen LogP contribution in [0.1, 0.15) is 46.3 Å². The molecule has 0 spiro atoms. The maximum absolute atomic E-state index is 13.2. The van der Waals surface area contributed by atoms with E-state index in [-0.39, 0.29) is 11.9 Å². The second-order valence-corrected chi connectivity index (χ2v) is 6.28. The molecule has 1 N–H and O–H groups in total. The summed E-state index contributed by atoms with van der Waals surface area (Å²) in [7, 11) is 0. The van der Waals surface area contributed by atoms with Gasteiger partial charge in [-0.2, -0.15) is 10.2 Å². The molecule has 0 saturated carbocycles. The van der Waals surface area contributed by atoms with Crippen LogP contribution in [0.15, 0.2) is 30.5 Å². The average molecular weight is 321 g/mol. The Kier molecular flexibility index (Phi) is 3.52. The number of aromatic nitrogens is 4. The van der Waals surface area contributed by atoms with Crippen molar-refractivity contribution in [3.63, 3.8) is 0 Å². The van der Waals surface area contributed by atoms with Crippen molar-refractivity contribution in [1.82, 2.24) is 25.3 Å². The molecular weight excluding hydrogens is 302 g/mol. The topological polar surface area (TPSA) is 74.8 Å². The monoisotopic (exact) mass is 321 g/mol. The van der Waals surface area contributed by atoms with Crippen LogP contribution >= 0.6 is 0 Å². The van der Waals surface area contributed by atoms with Gasteiger partial charge in [-0.25, -0.2) is 0 Å². The van der Waals surface area contributed by atoms with Gasteiger partial charge in [0.1, 0.15) is 0 Å². The standard InChI is InChI=1S/C18H19N5O/c1-11-16(12(2)21-20-11)15-8-5-9-23(15)18(24)17-14-7-4-3-6-13(14)10-19-22-17/h3-4,6-7,10,15H,5,8-9H2,1-2H3,(H,20,21). The van der Waals surface area contributed by atoms with Crippen molar-refractivity contribution in [3.8, 4) is 0 Å². The fourth-order valence-electron chi connectivity index (χ4n) is 3.68. The number of nitrogens with one attached hydrogen (secondary N) is 1. The van der Waals surface area contributed by atoms with Crippen LogP contribution in [0.5, 0.6) is 0 Å². The minimum atomic E-state index is -0.0539. The summed E-state index contributed by atoms with van der Waals surface area (Å²) in [5.41, 5.74) is 3.55. The van der Waals surface area contributed by atoms with Crippen molar-refractivity contribution in [2.45, 2.75) is 32.7 Å². The Balaban J connectivity index is 1.76. The molecule has 24 heavy (non-hydrogen) atoms. The van der Waals surface area contributed by atoms with Gasteiger partial charge in [0.15, 0.2) is 5.69 Å². The minimum Gasteiger partial charge on any atom is -0.330 e. The van der Waals surface area contributed by atoms with E-state index in [0.29, 0.717) is 5.69 Å². The largest absolute Gasteiger partial charge is 0.330 e. The van der Waals surface area contributed by atoms with Crippen LogP contribution in [0.3, 0.4) is 0 Å². The lowest BCUT2D eigenvalue weighted by atomic mass is 10.0. The number of nitrogens with zero attached hydrogens (tertiary/aromatic N) is 4. The zero-order chi connectivity index (χ0) is 16.7. The maximum atomic E-state index is 13.2. The Morgan fingerprint density at radius 3 is 2.92 bits per heavy atom. The van der Waals surface area contributed by atoms with E-state index >= 15 is 0 Å². The molecule has 6 heteroatoms. The molecule has 1 unspecified atom stereocenters. The van der Waals surface area contributed by atoms with Gasteiger partial charge in [-0.05, 0) is 26.7 Å². The normalized spacial score (nSPS) is 17.6. The molecule has 1 fully saturated rings. The van der Waals surface area contributed by atoms with E-state index in [4.69, 9.17) is 0 Å². The van der Waals surface area contributed by atoms with Crippen LogP contribution in [0.4, 0.5) is 0 Å². The average Bonchev–Trinajstić information content (AvgIpc) is 3.20. The molecule has 1 aliphatic heterocycles. The van der Waals surface area contributed by atoms with E-state index in [1.54, 1.807) is 6.20 Å². The third kappa shape index (κ3) is 2.26. The number of hydrogen-bond donors (Lipinski definition) is 1. The molecule has 1 atom stereocenters. The lowest BCUT2D eigenvalue weighted by Crippen LogP contribution is -2.32. The Bertz CT molecular complexity index is 892. The lowest BCUT2D eigenvalue weighted by molar-refractivity contribution is 0.0730. The smallest absolute Gasteiger partial charge is 0.275 e. The number of rotatable bonds is 2. The number of amides is 1. The molecule has 4 rings (SSSR count). The van der Waals surface area contributed by atoms with Gasteiger partial charge >= 0.3 is 0 Å². The molecule has 3 aromatic rings. The summed E-state index contributed by atoms with van der Waals surface area (Å²) in [5.74, 6) is -0.0539. The van der Waals surface area contributed by atoms with Crippen molar-refractivity contribution in [3.05, 3.63) is 53.1 Å². The SMILES string of the molecule is Cc1n[nH]c(C)c1C1CCCN1C(=O)c1nncc2ccccc12. The molecule has 1 aliphatic rings. The van der Waals surface area contributed by atoms with Crippen molar-refractivity contribution in [2.75, 3.05) is 6.54 Å². The van der Waals surface area contributed by atoms with E-state index in [9.17, 15) is 4.79 Å². The zero-order valence-electron chi connectivity index (χ0n) is 13.8. The lowest BCUT2D eigenvalue weighted by Gasteiger charge is -2.25. The Hall–Kier alpha value is -2.76. The summed E-state index contributed by atoms with van der Waals surface area (Å²) >= 11 is 0. The van der Waals surface area contributed by atoms with Gasteiger partial charge in [0, 0.05) is 28.6 Å². The van der Waals surface area contributed by atoms with Crippen LogP contribution in [0.25, 0.3) is 10.8 Å². The van der Waals surface area contributed by atoms with Crippen LogP contribution in [-0.4, -0.2) is 37.7 Å². The van der Waals surface area contributed by atoms with Gasteiger partial charge in [0.05, 0.1) is 17.9 Å². The fraction of sp³-hybridized carbons (Fsp3) is 0.333. The van der Waals surface area contributed by atoms with E-state index in [1.807, 2.05) is 43.0 Å². The molecule has 3 heterocycles. The van der Waals surface area contributed by atoms with Gasteiger partial charge in [0.25, 0.3) is 5.91 Å². The molecule has 0 bridgehead atoms. The Labute approximate surface area is 139 Å².